The number of hydrazine groups is 1. The van der Waals surface area contributed by atoms with Crippen molar-refractivity contribution in [3.05, 3.63) is 0 Å². The Kier molecular flexibility index (Phi) is 6.17. The fraction of sp³-hybridized carbons (Fsp3) is 1.00. The summed E-state index contributed by atoms with van der Waals surface area (Å²) >= 11 is 0. The first-order chi connectivity index (χ1) is 7.33. The zero-order chi connectivity index (χ0) is 11.1. The van der Waals surface area contributed by atoms with Gasteiger partial charge in [0.1, 0.15) is 0 Å². The van der Waals surface area contributed by atoms with E-state index < -0.39 is 0 Å². The quantitative estimate of drug-likeness (QED) is 0.515. The molecule has 4 nitrogen and oxygen atoms in total. The van der Waals surface area contributed by atoms with Crippen LogP contribution in [0.5, 0.6) is 0 Å². The van der Waals surface area contributed by atoms with Crippen molar-refractivity contribution in [1.82, 2.24) is 5.43 Å². The van der Waals surface area contributed by atoms with Gasteiger partial charge >= 0.3 is 0 Å². The molecular formula is C11H24N2O2. The van der Waals surface area contributed by atoms with Gasteiger partial charge in [-0.1, -0.05) is 19.3 Å². The summed E-state index contributed by atoms with van der Waals surface area (Å²) in [7, 11) is 3.46. The Bertz CT molecular complexity index is 156. The van der Waals surface area contributed by atoms with E-state index in [2.05, 4.69) is 5.43 Å². The van der Waals surface area contributed by atoms with Crippen molar-refractivity contribution in [3.63, 3.8) is 0 Å². The van der Waals surface area contributed by atoms with Gasteiger partial charge in [-0.05, 0) is 18.8 Å². The van der Waals surface area contributed by atoms with E-state index in [4.69, 9.17) is 15.3 Å². The fourth-order valence-electron chi connectivity index (χ4n) is 2.57. The largest absolute Gasteiger partial charge is 0.383 e. The molecule has 0 heterocycles. The average Bonchev–Trinajstić information content (AvgIpc) is 2.30. The number of methoxy groups -OCH3 is 2. The maximum Gasteiger partial charge on any atom is 0.0788 e. The smallest absolute Gasteiger partial charge is 0.0788 e. The number of hydrogen-bond acceptors (Lipinski definition) is 4. The number of nitrogens with two attached hydrogens (primary N) is 1. The highest BCUT2D eigenvalue weighted by Crippen LogP contribution is 2.29. The van der Waals surface area contributed by atoms with Crippen LogP contribution in [0.3, 0.4) is 0 Å². The summed E-state index contributed by atoms with van der Waals surface area (Å²) in [5, 5.41) is 0. The second-order valence-electron chi connectivity index (χ2n) is 4.33. The molecule has 4 heteroatoms. The van der Waals surface area contributed by atoms with Gasteiger partial charge in [0, 0.05) is 14.2 Å². The number of ether oxygens (including phenoxy) is 2. The Hall–Kier alpha value is -0.160. The van der Waals surface area contributed by atoms with Gasteiger partial charge in [-0.2, -0.15) is 0 Å². The molecule has 2 unspecified atom stereocenters. The van der Waals surface area contributed by atoms with Crippen LogP contribution < -0.4 is 11.3 Å². The SMILES string of the molecule is COCC(NN)C(OC)C1CCCCC1. The maximum atomic E-state index is 5.57. The van der Waals surface area contributed by atoms with E-state index in [-0.39, 0.29) is 12.1 Å². The van der Waals surface area contributed by atoms with E-state index >= 15 is 0 Å². The van der Waals surface area contributed by atoms with E-state index in [1.54, 1.807) is 14.2 Å². The molecule has 2 atom stereocenters. The first-order valence-corrected chi connectivity index (χ1v) is 5.81. The first kappa shape index (κ1) is 12.9. The Balaban J connectivity index is 2.50. The molecular weight excluding hydrogens is 192 g/mol. The topological polar surface area (TPSA) is 56.5 Å². The second kappa shape index (κ2) is 7.17. The Labute approximate surface area is 92.5 Å². The van der Waals surface area contributed by atoms with Gasteiger partial charge < -0.3 is 9.47 Å². The highest BCUT2D eigenvalue weighted by atomic mass is 16.5. The third-order valence-electron chi connectivity index (χ3n) is 3.34. The summed E-state index contributed by atoms with van der Waals surface area (Å²) in [6.45, 7) is 0.603. The molecule has 0 aromatic heterocycles. The first-order valence-electron chi connectivity index (χ1n) is 5.81. The minimum absolute atomic E-state index is 0.100. The van der Waals surface area contributed by atoms with Crippen LogP contribution in [-0.4, -0.2) is 33.0 Å². The minimum atomic E-state index is 0.100. The highest BCUT2D eigenvalue weighted by molar-refractivity contribution is 4.83. The van der Waals surface area contributed by atoms with Gasteiger partial charge in [0.15, 0.2) is 0 Å². The summed E-state index contributed by atoms with van der Waals surface area (Å²) in [6.07, 6.45) is 6.66. The molecule has 0 spiro atoms. The summed E-state index contributed by atoms with van der Waals surface area (Å²) in [5.74, 6) is 6.16. The summed E-state index contributed by atoms with van der Waals surface area (Å²) in [4.78, 5) is 0. The van der Waals surface area contributed by atoms with Crippen LogP contribution in [0.2, 0.25) is 0 Å². The molecule has 1 aliphatic carbocycles. The molecule has 1 aliphatic rings. The molecule has 3 N–H and O–H groups in total. The average molecular weight is 216 g/mol. The molecule has 0 bridgehead atoms. The van der Waals surface area contributed by atoms with E-state index in [1.165, 1.54) is 32.1 Å². The minimum Gasteiger partial charge on any atom is -0.383 e. The van der Waals surface area contributed by atoms with Gasteiger partial charge in [-0.25, -0.2) is 0 Å². The molecule has 15 heavy (non-hydrogen) atoms. The van der Waals surface area contributed by atoms with Crippen LogP contribution in [-0.2, 0) is 9.47 Å². The standard InChI is InChI=1S/C11H24N2O2/c1-14-8-10(13-12)11(15-2)9-6-4-3-5-7-9/h9-11,13H,3-8,12H2,1-2H3. The normalized spacial score (nSPS) is 22.6. The van der Waals surface area contributed by atoms with Crippen LogP contribution in [0, 0.1) is 5.92 Å². The molecule has 1 fully saturated rings. The van der Waals surface area contributed by atoms with Crippen LogP contribution in [0.1, 0.15) is 32.1 Å². The van der Waals surface area contributed by atoms with Crippen LogP contribution in [0.4, 0.5) is 0 Å². The number of nitrogens with one attached hydrogen (secondary N) is 1. The van der Waals surface area contributed by atoms with E-state index in [0.717, 1.165) is 0 Å². The number of rotatable bonds is 6. The van der Waals surface area contributed by atoms with Gasteiger partial charge in [0.05, 0.1) is 18.8 Å². The predicted octanol–water partition coefficient (Wildman–Crippen LogP) is 1.06. The molecule has 0 radical (unpaired) electrons. The summed E-state index contributed by atoms with van der Waals surface area (Å²) in [6, 6.07) is 0.100. The van der Waals surface area contributed by atoms with Crippen molar-refractivity contribution in [2.45, 2.75) is 44.2 Å². The third kappa shape index (κ3) is 3.72. The van der Waals surface area contributed by atoms with Crippen molar-refractivity contribution in [3.8, 4) is 0 Å². The Morgan fingerprint density at radius 1 is 1.27 bits per heavy atom. The zero-order valence-corrected chi connectivity index (χ0v) is 9.87. The Morgan fingerprint density at radius 3 is 2.40 bits per heavy atom. The lowest BCUT2D eigenvalue weighted by Gasteiger charge is -2.34. The summed E-state index contributed by atoms with van der Waals surface area (Å²) in [5.41, 5.74) is 2.80. The number of hydrogen-bond donors (Lipinski definition) is 2. The van der Waals surface area contributed by atoms with Gasteiger partial charge in [-0.3, -0.25) is 11.3 Å². The fourth-order valence-corrected chi connectivity index (χ4v) is 2.57. The van der Waals surface area contributed by atoms with Gasteiger partial charge in [0.2, 0.25) is 0 Å². The van der Waals surface area contributed by atoms with Crippen molar-refractivity contribution < 1.29 is 9.47 Å². The van der Waals surface area contributed by atoms with Crippen molar-refractivity contribution in [2.24, 2.45) is 11.8 Å². The van der Waals surface area contributed by atoms with Crippen LogP contribution in [0.15, 0.2) is 0 Å². The lowest BCUT2D eigenvalue weighted by Crippen LogP contribution is -2.51. The highest BCUT2D eigenvalue weighted by Gasteiger charge is 2.29. The monoisotopic (exact) mass is 216 g/mol. The van der Waals surface area contributed by atoms with Crippen LogP contribution in [0.25, 0.3) is 0 Å². The molecule has 0 amide bonds. The molecule has 0 saturated heterocycles. The lowest BCUT2D eigenvalue weighted by atomic mass is 9.83. The van der Waals surface area contributed by atoms with Crippen molar-refractivity contribution in [1.29, 1.82) is 0 Å². The second-order valence-corrected chi connectivity index (χ2v) is 4.33. The van der Waals surface area contributed by atoms with Gasteiger partial charge in [-0.15, -0.1) is 0 Å². The molecule has 0 aromatic carbocycles. The molecule has 0 aromatic rings. The lowest BCUT2D eigenvalue weighted by molar-refractivity contribution is -0.0131. The van der Waals surface area contributed by atoms with Gasteiger partial charge in [0.25, 0.3) is 0 Å². The van der Waals surface area contributed by atoms with E-state index in [1.807, 2.05) is 0 Å². The third-order valence-corrected chi connectivity index (χ3v) is 3.34. The summed E-state index contributed by atoms with van der Waals surface area (Å²) < 4.78 is 10.7. The van der Waals surface area contributed by atoms with E-state index in [0.29, 0.717) is 12.5 Å². The van der Waals surface area contributed by atoms with Crippen molar-refractivity contribution in [2.75, 3.05) is 20.8 Å². The molecule has 0 aliphatic heterocycles. The molecule has 1 rings (SSSR count). The van der Waals surface area contributed by atoms with E-state index in [9.17, 15) is 0 Å². The molecule has 90 valence electrons. The van der Waals surface area contributed by atoms with Crippen LogP contribution >= 0.6 is 0 Å². The van der Waals surface area contributed by atoms with Crippen molar-refractivity contribution >= 4 is 0 Å². The maximum absolute atomic E-state index is 5.57. The Morgan fingerprint density at radius 2 is 1.93 bits per heavy atom. The molecule has 1 saturated carbocycles. The zero-order valence-electron chi connectivity index (χ0n) is 9.87. The predicted molar refractivity (Wildman–Crippen MR) is 60.4 cm³/mol.